The molecule has 0 aliphatic rings. The van der Waals surface area contributed by atoms with Crippen LogP contribution in [-0.4, -0.2) is 23.0 Å². The first kappa shape index (κ1) is 20.8. The fourth-order valence-electron chi connectivity index (χ4n) is 2.45. The van der Waals surface area contributed by atoms with E-state index in [0.717, 1.165) is 24.0 Å². The van der Waals surface area contributed by atoms with Crippen LogP contribution < -0.4 is 10.1 Å². The highest BCUT2D eigenvalue weighted by Crippen LogP contribution is 2.26. The van der Waals surface area contributed by atoms with E-state index in [-0.39, 0.29) is 17.3 Å². The Hall–Kier alpha value is -3.53. The van der Waals surface area contributed by atoms with E-state index >= 15 is 0 Å². The Bertz CT molecular complexity index is 882. The van der Waals surface area contributed by atoms with Gasteiger partial charge in [0, 0.05) is 37.1 Å². The molecule has 7 heteroatoms. The molecule has 7 nitrogen and oxygen atoms in total. The minimum absolute atomic E-state index is 0.0438. The zero-order valence-corrected chi connectivity index (χ0v) is 15.6. The third-order valence-corrected chi connectivity index (χ3v) is 4.00. The number of ether oxygens (including phenoxy) is 1. The Morgan fingerprint density at radius 3 is 2.64 bits per heavy atom. The summed E-state index contributed by atoms with van der Waals surface area (Å²) in [6.45, 7) is 0.370. The summed E-state index contributed by atoms with van der Waals surface area (Å²) in [6.07, 6.45) is 2.58. The topological polar surface area (TPSA) is 102 Å². The molecule has 0 fully saturated rings. The minimum Gasteiger partial charge on any atom is -0.504 e. The number of amides is 1. The van der Waals surface area contributed by atoms with E-state index in [9.17, 15) is 20.0 Å². The first-order valence-electron chi connectivity index (χ1n) is 8.85. The molecule has 0 radical (unpaired) electrons. The van der Waals surface area contributed by atoms with E-state index in [4.69, 9.17) is 4.74 Å². The number of phenols is 1. The summed E-state index contributed by atoms with van der Waals surface area (Å²) in [5, 5.41) is 23.0. The van der Waals surface area contributed by atoms with Crippen molar-refractivity contribution in [3.63, 3.8) is 0 Å². The molecule has 0 saturated heterocycles. The van der Waals surface area contributed by atoms with Crippen LogP contribution in [0.5, 0.6) is 11.5 Å². The Morgan fingerprint density at radius 1 is 1.21 bits per heavy atom. The van der Waals surface area contributed by atoms with E-state index in [1.165, 1.54) is 25.3 Å². The van der Waals surface area contributed by atoms with Crippen LogP contribution in [0, 0.1) is 22.0 Å². The van der Waals surface area contributed by atoms with E-state index in [1.807, 2.05) is 0 Å². The summed E-state index contributed by atoms with van der Waals surface area (Å²) in [6, 6.07) is 11.0. The fraction of sp³-hybridized carbons (Fsp3) is 0.286. The van der Waals surface area contributed by atoms with Gasteiger partial charge in [0.25, 0.3) is 5.69 Å². The Morgan fingerprint density at radius 2 is 1.96 bits per heavy atom. The second-order valence-electron chi connectivity index (χ2n) is 6.10. The van der Waals surface area contributed by atoms with Crippen LogP contribution >= 0.6 is 0 Å². The van der Waals surface area contributed by atoms with Gasteiger partial charge in [-0.2, -0.15) is 0 Å². The number of hydrogen-bond donors (Lipinski definition) is 2. The number of nitrogens with one attached hydrogen (secondary N) is 1. The molecule has 0 unspecified atom stereocenters. The lowest BCUT2D eigenvalue weighted by Crippen LogP contribution is -2.22. The molecule has 0 aliphatic heterocycles. The number of nitro groups is 1. The number of carbonyl (C=O) groups is 1. The number of hydrogen-bond acceptors (Lipinski definition) is 5. The lowest BCUT2D eigenvalue weighted by atomic mass is 10.1. The molecule has 0 aromatic heterocycles. The second kappa shape index (κ2) is 10.6. The molecular formula is C21H22N2O5. The average molecular weight is 382 g/mol. The summed E-state index contributed by atoms with van der Waals surface area (Å²) < 4.78 is 5.04. The van der Waals surface area contributed by atoms with Gasteiger partial charge >= 0.3 is 0 Å². The summed E-state index contributed by atoms with van der Waals surface area (Å²) >= 11 is 0. The van der Waals surface area contributed by atoms with Gasteiger partial charge in [-0.15, -0.1) is 0 Å². The molecule has 0 spiro atoms. The number of carbonyl (C=O) groups excluding carboxylic acids is 1. The number of phenolic OH excluding ortho intramolecular Hbond substituents is 1. The van der Waals surface area contributed by atoms with Crippen LogP contribution in [0.2, 0.25) is 0 Å². The first-order chi connectivity index (χ1) is 13.5. The molecule has 0 aliphatic carbocycles. The van der Waals surface area contributed by atoms with E-state index in [2.05, 4.69) is 17.2 Å². The van der Waals surface area contributed by atoms with E-state index < -0.39 is 4.92 Å². The second-order valence-corrected chi connectivity index (χ2v) is 6.10. The molecule has 0 saturated carbocycles. The first-order valence-corrected chi connectivity index (χ1v) is 8.85. The molecule has 28 heavy (non-hydrogen) atoms. The van der Waals surface area contributed by atoms with Crippen LogP contribution in [0.1, 0.15) is 36.8 Å². The molecule has 0 bridgehead atoms. The maximum Gasteiger partial charge on any atom is 0.269 e. The van der Waals surface area contributed by atoms with Gasteiger partial charge in [0.1, 0.15) is 0 Å². The monoisotopic (exact) mass is 382 g/mol. The third kappa shape index (κ3) is 6.65. The van der Waals surface area contributed by atoms with Crippen molar-refractivity contribution in [3.05, 3.63) is 63.7 Å². The predicted molar refractivity (Wildman–Crippen MR) is 105 cm³/mol. The quantitative estimate of drug-likeness (QED) is 0.315. The number of nitrogens with zero attached hydrogens (tertiary/aromatic N) is 1. The van der Waals surface area contributed by atoms with Gasteiger partial charge in [0.2, 0.25) is 5.91 Å². The van der Waals surface area contributed by atoms with Gasteiger partial charge in [-0.3, -0.25) is 14.9 Å². The zero-order chi connectivity index (χ0) is 20.4. The van der Waals surface area contributed by atoms with Crippen molar-refractivity contribution in [3.8, 4) is 23.3 Å². The van der Waals surface area contributed by atoms with Gasteiger partial charge in [-0.05, 0) is 42.7 Å². The molecule has 2 N–H and O–H groups in total. The fourth-order valence-corrected chi connectivity index (χ4v) is 2.45. The normalized spacial score (nSPS) is 9.89. The number of aromatic hydroxyl groups is 1. The maximum atomic E-state index is 11.9. The van der Waals surface area contributed by atoms with Crippen LogP contribution in [0.15, 0.2) is 42.5 Å². The number of non-ortho nitro benzene ring substituents is 1. The highest BCUT2D eigenvalue weighted by Gasteiger charge is 2.05. The highest BCUT2D eigenvalue weighted by molar-refractivity contribution is 5.75. The lowest BCUT2D eigenvalue weighted by molar-refractivity contribution is -0.384. The van der Waals surface area contributed by atoms with Crippen molar-refractivity contribution in [1.29, 1.82) is 0 Å². The van der Waals surface area contributed by atoms with Gasteiger partial charge in [-0.1, -0.05) is 17.9 Å². The largest absolute Gasteiger partial charge is 0.504 e. The van der Waals surface area contributed by atoms with E-state index in [0.29, 0.717) is 25.1 Å². The maximum absolute atomic E-state index is 11.9. The van der Waals surface area contributed by atoms with Crippen molar-refractivity contribution < 1.29 is 19.6 Å². The molecule has 0 atom stereocenters. The standard InChI is InChI=1S/C21H22N2O5/c1-28-20-14-17(10-13-19(20)24)15-22-21(25)7-5-3-2-4-6-16-8-11-18(12-9-16)23(26)27/h8-14,24H,2-3,5,7,15H2,1H3,(H,22,25). The van der Waals surface area contributed by atoms with Crippen molar-refractivity contribution >= 4 is 11.6 Å². The Balaban J connectivity index is 1.65. The molecular weight excluding hydrogens is 360 g/mol. The molecule has 2 rings (SSSR count). The molecule has 2 aromatic carbocycles. The van der Waals surface area contributed by atoms with Crippen molar-refractivity contribution in [2.24, 2.45) is 0 Å². The summed E-state index contributed by atoms with van der Waals surface area (Å²) in [5.74, 6) is 6.36. The highest BCUT2D eigenvalue weighted by atomic mass is 16.6. The van der Waals surface area contributed by atoms with Crippen LogP contribution in [0.25, 0.3) is 0 Å². The summed E-state index contributed by atoms with van der Waals surface area (Å²) in [4.78, 5) is 22.0. The zero-order valence-electron chi connectivity index (χ0n) is 15.6. The summed E-state index contributed by atoms with van der Waals surface area (Å²) in [7, 11) is 1.47. The summed E-state index contributed by atoms with van der Waals surface area (Å²) in [5.41, 5.74) is 1.62. The van der Waals surface area contributed by atoms with E-state index in [1.54, 1.807) is 24.3 Å². The van der Waals surface area contributed by atoms with Gasteiger partial charge in [0.05, 0.1) is 12.0 Å². The van der Waals surface area contributed by atoms with Crippen molar-refractivity contribution in [2.75, 3.05) is 7.11 Å². The van der Waals surface area contributed by atoms with Crippen molar-refractivity contribution in [2.45, 2.75) is 32.2 Å². The number of benzene rings is 2. The predicted octanol–water partition coefficient (Wildman–Crippen LogP) is 3.54. The molecule has 0 heterocycles. The smallest absolute Gasteiger partial charge is 0.269 e. The van der Waals surface area contributed by atoms with Gasteiger partial charge < -0.3 is 15.2 Å². The van der Waals surface area contributed by atoms with Crippen LogP contribution in [0.4, 0.5) is 5.69 Å². The minimum atomic E-state index is -0.444. The van der Waals surface area contributed by atoms with Gasteiger partial charge in [-0.25, -0.2) is 0 Å². The van der Waals surface area contributed by atoms with Gasteiger partial charge in [0.15, 0.2) is 11.5 Å². The Labute approximate surface area is 163 Å². The molecule has 1 amide bonds. The number of nitro benzene ring substituents is 1. The van der Waals surface area contributed by atoms with Crippen LogP contribution in [-0.2, 0) is 11.3 Å². The average Bonchev–Trinajstić information content (AvgIpc) is 2.70. The lowest BCUT2D eigenvalue weighted by Gasteiger charge is -2.08. The third-order valence-electron chi connectivity index (χ3n) is 4.00. The SMILES string of the molecule is COc1cc(CNC(=O)CCCCC#Cc2ccc([N+](=O)[O-])cc2)ccc1O. The molecule has 146 valence electrons. The number of unbranched alkanes of at least 4 members (excludes halogenated alkanes) is 2. The number of rotatable bonds is 8. The number of methoxy groups -OCH3 is 1. The van der Waals surface area contributed by atoms with Crippen molar-refractivity contribution in [1.82, 2.24) is 5.32 Å². The molecule has 2 aromatic rings. The Kier molecular flexibility index (Phi) is 7.85. The van der Waals surface area contributed by atoms with Crippen LogP contribution in [0.3, 0.4) is 0 Å².